The summed E-state index contributed by atoms with van der Waals surface area (Å²) in [5.41, 5.74) is 2.86. The van der Waals surface area contributed by atoms with Crippen molar-refractivity contribution in [2.24, 2.45) is 0 Å². The molecule has 27 heavy (non-hydrogen) atoms. The second kappa shape index (κ2) is 8.68. The number of carbonyl (C=O) groups is 2. The van der Waals surface area contributed by atoms with Gasteiger partial charge in [0.1, 0.15) is 12.4 Å². The van der Waals surface area contributed by atoms with E-state index in [1.54, 1.807) is 12.0 Å². The molecule has 0 aromatic heterocycles. The second-order valence-corrected chi connectivity index (χ2v) is 6.61. The Morgan fingerprint density at radius 2 is 2.04 bits per heavy atom. The molecule has 2 amide bonds. The quantitative estimate of drug-likeness (QED) is 0.848. The minimum absolute atomic E-state index is 0.0208. The molecule has 1 unspecified atom stereocenters. The van der Waals surface area contributed by atoms with E-state index >= 15 is 0 Å². The molecule has 0 aliphatic carbocycles. The van der Waals surface area contributed by atoms with Crippen molar-refractivity contribution < 1.29 is 19.1 Å². The third-order valence-corrected chi connectivity index (χ3v) is 4.49. The van der Waals surface area contributed by atoms with Crippen LogP contribution in [0.1, 0.15) is 11.1 Å². The van der Waals surface area contributed by atoms with Crippen LogP contribution in [0, 0.1) is 6.92 Å². The van der Waals surface area contributed by atoms with Crippen molar-refractivity contribution in [1.82, 2.24) is 5.32 Å². The van der Waals surface area contributed by atoms with Crippen molar-refractivity contribution in [2.75, 3.05) is 31.7 Å². The van der Waals surface area contributed by atoms with Crippen LogP contribution in [0.4, 0.5) is 5.69 Å². The fourth-order valence-corrected chi connectivity index (χ4v) is 3.01. The van der Waals surface area contributed by atoms with Gasteiger partial charge in [-0.15, -0.1) is 0 Å². The van der Waals surface area contributed by atoms with E-state index in [-0.39, 0.29) is 30.9 Å². The summed E-state index contributed by atoms with van der Waals surface area (Å²) in [5.74, 6) is 0.611. The Morgan fingerprint density at radius 3 is 2.74 bits per heavy atom. The number of rotatable bonds is 6. The molecule has 0 bridgehead atoms. The predicted octanol–water partition coefficient (Wildman–Crippen LogP) is 2.09. The van der Waals surface area contributed by atoms with Crippen LogP contribution >= 0.6 is 0 Å². The fraction of sp³-hybridized carbons (Fsp3) is 0.333. The molecule has 0 spiro atoms. The Kier molecular flexibility index (Phi) is 6.08. The lowest BCUT2D eigenvalue weighted by Gasteiger charge is -2.33. The molecule has 1 aliphatic heterocycles. The van der Waals surface area contributed by atoms with E-state index in [9.17, 15) is 9.59 Å². The van der Waals surface area contributed by atoms with E-state index in [0.29, 0.717) is 13.1 Å². The van der Waals surface area contributed by atoms with E-state index < -0.39 is 0 Å². The molecule has 6 heteroatoms. The Labute approximate surface area is 159 Å². The molecule has 2 aromatic carbocycles. The number of morpholine rings is 1. The molecule has 6 nitrogen and oxygen atoms in total. The van der Waals surface area contributed by atoms with E-state index in [1.165, 1.54) is 0 Å². The van der Waals surface area contributed by atoms with Crippen LogP contribution in [0.25, 0.3) is 0 Å². The minimum atomic E-state index is -0.233. The first-order chi connectivity index (χ1) is 13.0. The Balaban J connectivity index is 1.52. The van der Waals surface area contributed by atoms with Crippen molar-refractivity contribution in [3.63, 3.8) is 0 Å². The summed E-state index contributed by atoms with van der Waals surface area (Å²) < 4.78 is 10.7. The smallest absolute Gasteiger partial charge is 0.253 e. The average molecular weight is 368 g/mol. The third-order valence-electron chi connectivity index (χ3n) is 4.49. The first-order valence-electron chi connectivity index (χ1n) is 8.93. The number of aryl methyl sites for hydroxylation is 1. The molecule has 1 atom stereocenters. The van der Waals surface area contributed by atoms with Crippen LogP contribution in [-0.4, -0.2) is 44.7 Å². The van der Waals surface area contributed by atoms with Gasteiger partial charge in [-0.2, -0.15) is 0 Å². The maximum absolute atomic E-state index is 12.2. The summed E-state index contributed by atoms with van der Waals surface area (Å²) in [6.45, 7) is 2.80. The summed E-state index contributed by atoms with van der Waals surface area (Å²) in [6, 6.07) is 15.2. The first kappa shape index (κ1) is 18.9. The Morgan fingerprint density at radius 1 is 1.26 bits per heavy atom. The zero-order valence-electron chi connectivity index (χ0n) is 15.6. The highest BCUT2D eigenvalue weighted by Gasteiger charge is 2.27. The number of methoxy groups -OCH3 is 1. The molecule has 1 heterocycles. The number of anilines is 1. The molecular formula is C21H24N2O4. The Bertz CT molecular complexity index is 804. The highest BCUT2D eigenvalue weighted by atomic mass is 16.5. The van der Waals surface area contributed by atoms with Gasteiger partial charge in [0.05, 0.1) is 26.2 Å². The largest absolute Gasteiger partial charge is 0.497 e. The summed E-state index contributed by atoms with van der Waals surface area (Å²) in [7, 11) is 1.61. The minimum Gasteiger partial charge on any atom is -0.497 e. The molecule has 1 fully saturated rings. The maximum atomic E-state index is 12.2. The SMILES string of the molecule is COc1ccc(CC(=O)NCC2CN(c3cccc(C)c3)C(=O)CO2)cc1. The molecule has 2 aromatic rings. The van der Waals surface area contributed by atoms with Crippen molar-refractivity contribution in [3.05, 3.63) is 59.7 Å². The van der Waals surface area contributed by atoms with Gasteiger partial charge in [0, 0.05) is 12.2 Å². The van der Waals surface area contributed by atoms with Crippen LogP contribution < -0.4 is 15.0 Å². The van der Waals surface area contributed by atoms with Crippen LogP contribution in [0.5, 0.6) is 5.75 Å². The molecule has 0 saturated carbocycles. The highest BCUT2D eigenvalue weighted by Crippen LogP contribution is 2.19. The third kappa shape index (κ3) is 5.08. The predicted molar refractivity (Wildman–Crippen MR) is 103 cm³/mol. The topological polar surface area (TPSA) is 67.9 Å². The van der Waals surface area contributed by atoms with Gasteiger partial charge >= 0.3 is 0 Å². The van der Waals surface area contributed by atoms with Gasteiger partial charge in [-0.3, -0.25) is 9.59 Å². The average Bonchev–Trinajstić information content (AvgIpc) is 2.68. The van der Waals surface area contributed by atoms with E-state index in [0.717, 1.165) is 22.6 Å². The summed E-state index contributed by atoms with van der Waals surface area (Å²) in [5, 5.41) is 2.89. The lowest BCUT2D eigenvalue weighted by molar-refractivity contribution is -0.129. The lowest BCUT2D eigenvalue weighted by Crippen LogP contribution is -2.50. The number of nitrogens with one attached hydrogen (secondary N) is 1. The monoisotopic (exact) mass is 368 g/mol. The number of benzene rings is 2. The number of carbonyl (C=O) groups excluding carboxylic acids is 2. The number of hydrogen-bond acceptors (Lipinski definition) is 4. The summed E-state index contributed by atoms with van der Waals surface area (Å²) in [4.78, 5) is 26.1. The Hall–Kier alpha value is -2.86. The molecular weight excluding hydrogens is 344 g/mol. The zero-order valence-corrected chi connectivity index (χ0v) is 15.6. The van der Waals surface area contributed by atoms with Gasteiger partial charge in [0.15, 0.2) is 0 Å². The molecule has 0 radical (unpaired) electrons. The zero-order chi connectivity index (χ0) is 19.2. The van der Waals surface area contributed by atoms with Crippen molar-refractivity contribution in [2.45, 2.75) is 19.4 Å². The molecule has 1 saturated heterocycles. The number of hydrogen-bond donors (Lipinski definition) is 1. The standard InChI is InChI=1S/C21H24N2O4/c1-15-4-3-5-17(10-15)23-13-19(27-14-21(23)25)12-22-20(24)11-16-6-8-18(26-2)9-7-16/h3-10,19H,11-14H2,1-2H3,(H,22,24). The molecule has 1 aliphatic rings. The maximum Gasteiger partial charge on any atom is 0.253 e. The van der Waals surface area contributed by atoms with Gasteiger partial charge in [-0.1, -0.05) is 24.3 Å². The first-order valence-corrected chi connectivity index (χ1v) is 8.93. The molecule has 1 N–H and O–H groups in total. The van der Waals surface area contributed by atoms with Crippen LogP contribution in [-0.2, 0) is 20.7 Å². The van der Waals surface area contributed by atoms with Crippen molar-refractivity contribution in [3.8, 4) is 5.75 Å². The summed E-state index contributed by atoms with van der Waals surface area (Å²) >= 11 is 0. The van der Waals surface area contributed by atoms with Crippen LogP contribution in [0.15, 0.2) is 48.5 Å². The normalized spacial score (nSPS) is 16.9. The second-order valence-electron chi connectivity index (χ2n) is 6.61. The van der Waals surface area contributed by atoms with Gasteiger partial charge < -0.3 is 19.7 Å². The molecule has 3 rings (SSSR count). The van der Waals surface area contributed by atoms with Gasteiger partial charge in [-0.05, 0) is 42.3 Å². The van der Waals surface area contributed by atoms with Gasteiger partial charge in [0.25, 0.3) is 5.91 Å². The fourth-order valence-electron chi connectivity index (χ4n) is 3.01. The number of nitrogens with zero attached hydrogens (tertiary/aromatic N) is 1. The van der Waals surface area contributed by atoms with Gasteiger partial charge in [-0.25, -0.2) is 0 Å². The van der Waals surface area contributed by atoms with E-state index in [1.807, 2.05) is 55.5 Å². The van der Waals surface area contributed by atoms with Crippen molar-refractivity contribution in [1.29, 1.82) is 0 Å². The highest BCUT2D eigenvalue weighted by molar-refractivity contribution is 5.95. The van der Waals surface area contributed by atoms with Crippen molar-refractivity contribution >= 4 is 17.5 Å². The summed E-state index contributed by atoms with van der Waals surface area (Å²) in [6.07, 6.45) is 0.0556. The van der Waals surface area contributed by atoms with Crippen LogP contribution in [0.3, 0.4) is 0 Å². The molecule has 142 valence electrons. The number of amides is 2. The number of ether oxygens (including phenoxy) is 2. The lowest BCUT2D eigenvalue weighted by atomic mass is 10.1. The van der Waals surface area contributed by atoms with E-state index in [2.05, 4.69) is 5.32 Å². The van der Waals surface area contributed by atoms with E-state index in [4.69, 9.17) is 9.47 Å². The van der Waals surface area contributed by atoms with Crippen LogP contribution in [0.2, 0.25) is 0 Å². The van der Waals surface area contributed by atoms with Gasteiger partial charge in [0.2, 0.25) is 5.91 Å².